The average molecular weight is 1360 g/mol. The summed E-state index contributed by atoms with van der Waals surface area (Å²) in [5.74, 6) is -0.258. The number of hydrogen-bond acceptors (Lipinski definition) is 18. The molecule has 3 saturated heterocycles. The van der Waals surface area contributed by atoms with Crippen molar-refractivity contribution in [2.75, 3.05) is 26.4 Å². The molecule has 0 spiro atoms. The van der Waals surface area contributed by atoms with Gasteiger partial charge in [-0.15, -0.1) is 0 Å². The number of allylic oxidation sites excluding steroid dienone is 18. The summed E-state index contributed by atoms with van der Waals surface area (Å²) in [5, 5.41) is 121. The van der Waals surface area contributed by atoms with Crippen LogP contribution in [-0.4, -0.2) is 193 Å². The Kier molecular flexibility index (Phi) is 51.6. The first-order valence-corrected chi connectivity index (χ1v) is 37.1. The molecule has 0 bridgehead atoms. The highest BCUT2D eigenvalue weighted by molar-refractivity contribution is 5.76. The maximum absolute atomic E-state index is 13.4. The number of unbranched alkanes of at least 4 members (excludes halogenated alkanes) is 22. The van der Waals surface area contributed by atoms with E-state index in [1.165, 1.54) is 77.0 Å². The topological polar surface area (TPSA) is 307 Å². The summed E-state index contributed by atoms with van der Waals surface area (Å²) in [4.78, 5) is 13.4. The minimum Gasteiger partial charge on any atom is -0.394 e. The lowest BCUT2D eigenvalue weighted by Gasteiger charge is -2.48. The molecule has 552 valence electrons. The number of rotatable bonds is 56. The number of amides is 1. The van der Waals surface area contributed by atoms with E-state index >= 15 is 0 Å². The molecule has 17 unspecified atom stereocenters. The van der Waals surface area contributed by atoms with Crippen LogP contribution in [-0.2, 0) is 33.2 Å². The Balaban J connectivity index is 1.38. The summed E-state index contributed by atoms with van der Waals surface area (Å²) < 4.78 is 34.4. The zero-order valence-electron chi connectivity index (χ0n) is 58.6. The van der Waals surface area contributed by atoms with Crippen molar-refractivity contribution in [3.8, 4) is 0 Å². The van der Waals surface area contributed by atoms with Crippen LogP contribution in [0, 0.1) is 0 Å². The Morgan fingerprint density at radius 3 is 1.12 bits per heavy atom. The fraction of sp³-hybridized carbons (Fsp3) is 0.753. The normalized spacial score (nSPS) is 27.7. The van der Waals surface area contributed by atoms with Crippen LogP contribution in [0.25, 0.3) is 0 Å². The molecule has 3 aliphatic heterocycles. The van der Waals surface area contributed by atoms with Crippen LogP contribution >= 0.6 is 0 Å². The largest absolute Gasteiger partial charge is 0.394 e. The molecule has 0 aromatic carbocycles. The summed E-state index contributed by atoms with van der Waals surface area (Å²) in [6.45, 7) is 1.67. The van der Waals surface area contributed by atoms with Gasteiger partial charge in [-0.25, -0.2) is 0 Å². The summed E-state index contributed by atoms with van der Waals surface area (Å²) in [6.07, 6.45) is 50.2. The first-order valence-electron chi connectivity index (χ1n) is 37.1. The fourth-order valence-electron chi connectivity index (χ4n) is 11.9. The van der Waals surface area contributed by atoms with Gasteiger partial charge in [0.2, 0.25) is 5.91 Å². The molecule has 1 amide bonds. The third-order valence-corrected chi connectivity index (χ3v) is 17.9. The van der Waals surface area contributed by atoms with Gasteiger partial charge >= 0.3 is 0 Å². The molecule has 12 N–H and O–H groups in total. The van der Waals surface area contributed by atoms with E-state index in [0.717, 1.165) is 128 Å². The second-order valence-electron chi connectivity index (χ2n) is 26.0. The third-order valence-electron chi connectivity index (χ3n) is 17.9. The smallest absolute Gasteiger partial charge is 0.220 e. The quantitative estimate of drug-likeness (QED) is 0.0199. The molecule has 3 heterocycles. The van der Waals surface area contributed by atoms with Crippen molar-refractivity contribution in [2.24, 2.45) is 0 Å². The molecule has 19 nitrogen and oxygen atoms in total. The fourth-order valence-corrected chi connectivity index (χ4v) is 11.9. The molecule has 96 heavy (non-hydrogen) atoms. The van der Waals surface area contributed by atoms with Gasteiger partial charge in [0, 0.05) is 6.42 Å². The second-order valence-corrected chi connectivity index (χ2v) is 26.0. The van der Waals surface area contributed by atoms with Gasteiger partial charge in [-0.05, 0) is 83.5 Å². The van der Waals surface area contributed by atoms with E-state index in [2.05, 4.69) is 129 Å². The van der Waals surface area contributed by atoms with Crippen molar-refractivity contribution in [1.29, 1.82) is 0 Å². The molecule has 0 aliphatic carbocycles. The van der Waals surface area contributed by atoms with Crippen molar-refractivity contribution in [3.63, 3.8) is 0 Å². The number of carbonyl (C=O) groups excluding carboxylic acids is 1. The predicted molar refractivity (Wildman–Crippen MR) is 378 cm³/mol. The van der Waals surface area contributed by atoms with Gasteiger partial charge in [-0.1, -0.05) is 258 Å². The lowest BCUT2D eigenvalue weighted by Crippen LogP contribution is -2.66. The highest BCUT2D eigenvalue weighted by atomic mass is 16.8. The zero-order chi connectivity index (χ0) is 69.6. The third kappa shape index (κ3) is 37.8. The predicted octanol–water partition coefficient (Wildman–Crippen LogP) is 11.0. The van der Waals surface area contributed by atoms with Gasteiger partial charge in [0.05, 0.1) is 38.6 Å². The van der Waals surface area contributed by atoms with Gasteiger partial charge in [0.25, 0.3) is 0 Å². The van der Waals surface area contributed by atoms with Crippen LogP contribution in [0.4, 0.5) is 0 Å². The zero-order valence-corrected chi connectivity index (χ0v) is 58.6. The Hall–Kier alpha value is -3.55. The summed E-state index contributed by atoms with van der Waals surface area (Å²) in [7, 11) is 0. The minimum absolute atomic E-state index is 0.247. The highest BCUT2D eigenvalue weighted by Gasteiger charge is 2.53. The van der Waals surface area contributed by atoms with E-state index in [-0.39, 0.29) is 18.9 Å². The Bertz CT molecular complexity index is 2160. The number of carbonyl (C=O) groups is 1. The molecular weight excluding hydrogens is 1230 g/mol. The summed E-state index contributed by atoms with van der Waals surface area (Å²) in [6, 6.07) is -0.901. The van der Waals surface area contributed by atoms with Crippen LogP contribution in [0.15, 0.2) is 109 Å². The van der Waals surface area contributed by atoms with Gasteiger partial charge in [-0.2, -0.15) is 0 Å². The van der Waals surface area contributed by atoms with Gasteiger partial charge in [0.15, 0.2) is 18.9 Å². The minimum atomic E-state index is -1.98. The van der Waals surface area contributed by atoms with Gasteiger partial charge in [-0.3, -0.25) is 4.79 Å². The maximum atomic E-state index is 13.4. The van der Waals surface area contributed by atoms with E-state index in [4.69, 9.17) is 28.4 Å². The number of ether oxygens (including phenoxy) is 6. The standard InChI is InChI=1S/C77H131NO18/c1-3-5-7-9-11-13-15-17-19-21-22-23-24-25-26-27-28-29-30-31-32-33-34-35-36-37-38-39-41-43-45-47-49-51-53-55-65(83)78-60(61(82)54-52-50-48-46-44-42-40-20-18-16-14-12-10-8-6-4-2)59-91-75-71(89)68(86)73(63(57-80)93-75)96-77-72(90)69(87)74(64(58-81)94-77)95-76-70(88)67(85)66(84)62(56-79)92-76/h5,7,11,13,17,19,22-23,25-26,28-29,31-32,34-35,37-38,60-64,66-77,79-82,84-90H,3-4,6,8-10,12,14-16,18,20-21,24,27,30,33,36,39-59H2,1-2H3,(H,78,83)/b7-5-,13-11-,19-17-,23-22-,26-25-,29-28-,32-31-,35-34-,38-37-. The summed E-state index contributed by atoms with van der Waals surface area (Å²) >= 11 is 0. The molecule has 3 aliphatic rings. The number of hydrogen-bond donors (Lipinski definition) is 12. The first kappa shape index (κ1) is 86.7. The van der Waals surface area contributed by atoms with Crippen LogP contribution in [0.2, 0.25) is 0 Å². The molecule has 0 saturated carbocycles. The maximum Gasteiger partial charge on any atom is 0.220 e. The van der Waals surface area contributed by atoms with E-state index in [1.807, 2.05) is 0 Å². The Labute approximate surface area is 576 Å². The molecule has 19 heteroatoms. The van der Waals surface area contributed by atoms with Crippen LogP contribution in [0.3, 0.4) is 0 Å². The van der Waals surface area contributed by atoms with Crippen LogP contribution in [0.1, 0.15) is 239 Å². The van der Waals surface area contributed by atoms with Crippen molar-refractivity contribution in [2.45, 2.75) is 343 Å². The molecule has 3 fully saturated rings. The molecule has 3 rings (SSSR count). The second kappa shape index (κ2) is 57.1. The lowest BCUT2D eigenvalue weighted by molar-refractivity contribution is -0.379. The van der Waals surface area contributed by atoms with Crippen molar-refractivity contribution in [3.05, 3.63) is 109 Å². The Morgan fingerprint density at radius 2 is 0.719 bits per heavy atom. The van der Waals surface area contributed by atoms with E-state index in [1.54, 1.807) is 0 Å². The molecule has 0 aromatic rings. The molecule has 0 aromatic heterocycles. The number of aliphatic hydroxyl groups excluding tert-OH is 11. The van der Waals surface area contributed by atoms with Gasteiger partial charge in [0.1, 0.15) is 73.2 Å². The lowest BCUT2D eigenvalue weighted by atomic mass is 9.96. The van der Waals surface area contributed by atoms with Crippen LogP contribution in [0.5, 0.6) is 0 Å². The van der Waals surface area contributed by atoms with E-state index in [0.29, 0.717) is 12.8 Å². The van der Waals surface area contributed by atoms with Crippen molar-refractivity contribution >= 4 is 5.91 Å². The van der Waals surface area contributed by atoms with Crippen molar-refractivity contribution < 1.29 is 89.4 Å². The van der Waals surface area contributed by atoms with Crippen LogP contribution < -0.4 is 5.32 Å². The summed E-state index contributed by atoms with van der Waals surface area (Å²) in [5.41, 5.74) is 0. The molecule has 0 radical (unpaired) electrons. The van der Waals surface area contributed by atoms with Gasteiger partial charge < -0.3 is 89.9 Å². The molecule has 17 atom stereocenters. The number of nitrogens with one attached hydrogen (secondary N) is 1. The monoisotopic (exact) mass is 1360 g/mol. The first-order chi connectivity index (χ1) is 46.8. The van der Waals surface area contributed by atoms with E-state index in [9.17, 15) is 61.0 Å². The average Bonchev–Trinajstić information content (AvgIpc) is 0.798. The van der Waals surface area contributed by atoms with Crippen molar-refractivity contribution in [1.82, 2.24) is 5.32 Å². The molecular formula is C77H131NO18. The SMILES string of the molecule is CC/C=C\C/C=C\C/C=C\C/C=C\C/C=C\C/C=C\C/C=C\C/C=C\C/C=C\CCCCCCCCCC(=O)NC(COC1OC(CO)C(OC2OC(CO)C(OC3OC(CO)C(O)C(O)C3O)C(O)C2O)C(O)C1O)C(O)CCCCCCCCCCCCCCCCCC. The number of aliphatic hydroxyl groups is 11. The van der Waals surface area contributed by atoms with E-state index < -0.39 is 124 Å². The highest BCUT2D eigenvalue weighted by Crippen LogP contribution is 2.33. The Morgan fingerprint density at radius 1 is 0.385 bits per heavy atom.